The Morgan fingerprint density at radius 1 is 1.09 bits per heavy atom. The number of anilines is 1. The third kappa shape index (κ3) is 5.34. The maximum Gasteiger partial charge on any atom is 0.412 e. The number of hydrogen-bond acceptors (Lipinski definition) is 5. The fraction of sp³-hybridized carbons (Fsp3) is 0.308. The van der Waals surface area contributed by atoms with Crippen molar-refractivity contribution in [2.45, 2.75) is 25.7 Å². The van der Waals surface area contributed by atoms with E-state index in [2.05, 4.69) is 27.9 Å². The fourth-order valence-corrected chi connectivity index (χ4v) is 4.37. The summed E-state index contributed by atoms with van der Waals surface area (Å²) in [5, 5.41) is 18.4. The number of aromatic nitrogens is 2. The first-order chi connectivity index (χ1) is 16.9. The molecule has 0 bridgehead atoms. The molecule has 0 aliphatic heterocycles. The third-order valence-corrected chi connectivity index (χ3v) is 6.28. The van der Waals surface area contributed by atoms with Crippen LogP contribution in [-0.2, 0) is 16.6 Å². The minimum atomic E-state index is -0.904. The maximum atomic E-state index is 12.6. The molecular weight excluding hydrogens is 448 g/mol. The monoisotopic (exact) mass is 476 g/mol. The van der Waals surface area contributed by atoms with Crippen molar-refractivity contribution in [1.82, 2.24) is 15.1 Å². The molecule has 0 spiro atoms. The lowest BCUT2D eigenvalue weighted by Crippen LogP contribution is -2.30. The SMILES string of the molecule is CCC(CNC(=O)c1cc(NC(=O)OCC2c3ccccc3-c3ccccc32)n(C)n1)CC(=O)O. The minimum Gasteiger partial charge on any atom is -0.481 e. The molecule has 2 amide bonds. The Kier molecular flexibility index (Phi) is 7.14. The molecule has 0 fully saturated rings. The summed E-state index contributed by atoms with van der Waals surface area (Å²) in [5.74, 6) is -1.26. The van der Waals surface area contributed by atoms with E-state index in [0.717, 1.165) is 22.3 Å². The summed E-state index contributed by atoms with van der Waals surface area (Å²) in [5.41, 5.74) is 4.65. The molecule has 1 unspecified atom stereocenters. The number of carboxylic acids is 1. The Bertz CT molecular complexity index is 1210. The Hall–Kier alpha value is -4.14. The number of benzene rings is 2. The summed E-state index contributed by atoms with van der Waals surface area (Å²) in [6, 6.07) is 17.6. The first-order valence-corrected chi connectivity index (χ1v) is 11.5. The van der Waals surface area contributed by atoms with Gasteiger partial charge in [-0.3, -0.25) is 19.6 Å². The molecule has 1 aromatic heterocycles. The van der Waals surface area contributed by atoms with Crippen LogP contribution in [0.4, 0.5) is 10.6 Å². The lowest BCUT2D eigenvalue weighted by molar-refractivity contribution is -0.138. The number of carbonyl (C=O) groups excluding carboxylic acids is 2. The summed E-state index contributed by atoms with van der Waals surface area (Å²) in [7, 11) is 1.61. The molecule has 1 aliphatic carbocycles. The van der Waals surface area contributed by atoms with Gasteiger partial charge in [-0.2, -0.15) is 5.10 Å². The lowest BCUT2D eigenvalue weighted by atomic mass is 9.98. The second-order valence-electron chi connectivity index (χ2n) is 8.57. The van der Waals surface area contributed by atoms with Gasteiger partial charge in [0.05, 0.1) is 0 Å². The lowest BCUT2D eigenvalue weighted by Gasteiger charge is -2.14. The molecule has 35 heavy (non-hydrogen) atoms. The van der Waals surface area contributed by atoms with Gasteiger partial charge in [-0.25, -0.2) is 4.79 Å². The highest BCUT2D eigenvalue weighted by Gasteiger charge is 2.29. The molecule has 4 rings (SSSR count). The first kappa shape index (κ1) is 24.0. The first-order valence-electron chi connectivity index (χ1n) is 11.5. The van der Waals surface area contributed by atoms with Crippen molar-refractivity contribution in [2.24, 2.45) is 13.0 Å². The van der Waals surface area contributed by atoms with Crippen molar-refractivity contribution in [2.75, 3.05) is 18.5 Å². The van der Waals surface area contributed by atoms with E-state index in [9.17, 15) is 14.4 Å². The van der Waals surface area contributed by atoms with Crippen LogP contribution in [0.25, 0.3) is 11.1 Å². The van der Waals surface area contributed by atoms with Crippen LogP contribution in [0.1, 0.15) is 47.3 Å². The largest absolute Gasteiger partial charge is 0.481 e. The molecule has 182 valence electrons. The predicted octanol–water partition coefficient (Wildman–Crippen LogP) is 4.01. The topological polar surface area (TPSA) is 123 Å². The standard InChI is InChI=1S/C26H28N4O5/c1-3-16(12-24(31)32)14-27-25(33)22-13-23(30(2)29-22)28-26(34)35-15-21-19-10-6-4-8-17(19)18-9-5-7-11-20(18)21/h4-11,13,16,21H,3,12,14-15H2,1-2H3,(H,27,33)(H,28,34)(H,31,32). The molecule has 1 aliphatic rings. The van der Waals surface area contributed by atoms with Gasteiger partial charge >= 0.3 is 12.1 Å². The van der Waals surface area contributed by atoms with Crippen LogP contribution >= 0.6 is 0 Å². The molecule has 2 aromatic carbocycles. The van der Waals surface area contributed by atoms with Gasteiger partial charge in [0, 0.05) is 32.0 Å². The maximum absolute atomic E-state index is 12.6. The van der Waals surface area contributed by atoms with Crippen molar-refractivity contribution >= 4 is 23.8 Å². The Morgan fingerprint density at radius 2 is 1.71 bits per heavy atom. The van der Waals surface area contributed by atoms with Crippen LogP contribution in [0.3, 0.4) is 0 Å². The van der Waals surface area contributed by atoms with Gasteiger partial charge in [-0.05, 0) is 28.2 Å². The molecule has 0 saturated heterocycles. The van der Waals surface area contributed by atoms with E-state index >= 15 is 0 Å². The van der Waals surface area contributed by atoms with Gasteiger partial charge in [-0.1, -0.05) is 61.9 Å². The van der Waals surface area contributed by atoms with Crippen molar-refractivity contribution < 1.29 is 24.2 Å². The zero-order chi connectivity index (χ0) is 24.9. The fourth-order valence-electron chi connectivity index (χ4n) is 4.37. The number of rotatable bonds is 9. The Morgan fingerprint density at radius 3 is 2.31 bits per heavy atom. The zero-order valence-electron chi connectivity index (χ0n) is 19.7. The summed E-state index contributed by atoms with van der Waals surface area (Å²) < 4.78 is 6.93. The highest BCUT2D eigenvalue weighted by Crippen LogP contribution is 2.44. The molecule has 1 heterocycles. The highest BCUT2D eigenvalue weighted by molar-refractivity contribution is 5.94. The minimum absolute atomic E-state index is 0.0202. The van der Waals surface area contributed by atoms with Crippen LogP contribution < -0.4 is 10.6 Å². The number of aliphatic carboxylic acids is 1. The van der Waals surface area contributed by atoms with E-state index in [1.54, 1.807) is 7.05 Å². The van der Waals surface area contributed by atoms with E-state index < -0.39 is 18.0 Å². The summed E-state index contributed by atoms with van der Waals surface area (Å²) in [4.78, 5) is 35.9. The molecular formula is C26H28N4O5. The molecule has 0 saturated carbocycles. The van der Waals surface area contributed by atoms with Crippen molar-refractivity contribution in [1.29, 1.82) is 0 Å². The second kappa shape index (κ2) is 10.4. The number of nitrogens with one attached hydrogen (secondary N) is 2. The second-order valence-corrected chi connectivity index (χ2v) is 8.57. The van der Waals surface area contributed by atoms with Gasteiger partial charge in [-0.15, -0.1) is 0 Å². The number of nitrogens with zero attached hydrogens (tertiary/aromatic N) is 2. The number of aryl methyl sites for hydroxylation is 1. The van der Waals surface area contributed by atoms with Crippen molar-refractivity contribution in [3.05, 3.63) is 71.4 Å². The number of carbonyl (C=O) groups is 3. The molecule has 0 radical (unpaired) electrons. The highest BCUT2D eigenvalue weighted by atomic mass is 16.5. The average molecular weight is 477 g/mol. The van der Waals surface area contributed by atoms with Gasteiger partial charge in [0.1, 0.15) is 12.4 Å². The number of fused-ring (bicyclic) bond motifs is 3. The zero-order valence-corrected chi connectivity index (χ0v) is 19.7. The summed E-state index contributed by atoms with van der Waals surface area (Å²) >= 11 is 0. The van der Waals surface area contributed by atoms with E-state index in [1.807, 2.05) is 43.3 Å². The van der Waals surface area contributed by atoms with E-state index in [-0.39, 0.29) is 37.1 Å². The molecule has 9 nitrogen and oxygen atoms in total. The predicted molar refractivity (Wildman–Crippen MR) is 130 cm³/mol. The van der Waals surface area contributed by atoms with E-state index in [0.29, 0.717) is 12.2 Å². The normalized spacial score (nSPS) is 13.0. The molecule has 9 heteroatoms. The van der Waals surface area contributed by atoms with Crippen molar-refractivity contribution in [3.63, 3.8) is 0 Å². The number of carboxylic acid groups (broad SMARTS) is 1. The summed E-state index contributed by atoms with van der Waals surface area (Å²) in [6.45, 7) is 2.28. The smallest absolute Gasteiger partial charge is 0.412 e. The van der Waals surface area contributed by atoms with Crippen molar-refractivity contribution in [3.8, 4) is 11.1 Å². The van der Waals surface area contributed by atoms with Crippen LogP contribution in [-0.4, -0.2) is 46.0 Å². The van der Waals surface area contributed by atoms with E-state index in [4.69, 9.17) is 9.84 Å². The number of hydrogen-bond donors (Lipinski definition) is 3. The Labute approximate surface area is 203 Å². The average Bonchev–Trinajstić information content (AvgIpc) is 3.37. The van der Waals surface area contributed by atoms with Gasteiger partial charge in [0.15, 0.2) is 5.69 Å². The third-order valence-electron chi connectivity index (χ3n) is 6.28. The van der Waals surface area contributed by atoms with Crippen LogP contribution in [0.15, 0.2) is 54.6 Å². The quantitative estimate of drug-likeness (QED) is 0.429. The molecule has 3 N–H and O–H groups in total. The molecule has 1 atom stereocenters. The van der Waals surface area contributed by atoms with E-state index in [1.165, 1.54) is 10.7 Å². The summed E-state index contributed by atoms with van der Waals surface area (Å²) in [6.07, 6.45) is -0.0360. The van der Waals surface area contributed by atoms with Gasteiger partial charge < -0.3 is 15.2 Å². The number of amides is 2. The van der Waals surface area contributed by atoms with Crippen LogP contribution in [0, 0.1) is 5.92 Å². The van der Waals surface area contributed by atoms with Gasteiger partial charge in [0.25, 0.3) is 5.91 Å². The van der Waals surface area contributed by atoms with Crippen LogP contribution in [0.2, 0.25) is 0 Å². The van der Waals surface area contributed by atoms with Crippen LogP contribution in [0.5, 0.6) is 0 Å². The number of ether oxygens (including phenoxy) is 1. The molecule has 3 aromatic rings. The van der Waals surface area contributed by atoms with Gasteiger partial charge in [0.2, 0.25) is 0 Å². The Balaban J connectivity index is 1.36.